The molecule has 1 aliphatic rings. The number of fused-ring (bicyclic) bond motifs is 10. The first-order valence-corrected chi connectivity index (χ1v) is 19.2. The van der Waals surface area contributed by atoms with Gasteiger partial charge in [0, 0.05) is 63.0 Å². The van der Waals surface area contributed by atoms with Crippen molar-refractivity contribution in [1.82, 2.24) is 15.0 Å². The van der Waals surface area contributed by atoms with Crippen molar-refractivity contribution in [1.29, 1.82) is 0 Å². The smallest absolute Gasteiger partial charge is 0.165 e. The van der Waals surface area contributed by atoms with Gasteiger partial charge in [-0.25, -0.2) is 15.0 Å². The van der Waals surface area contributed by atoms with Crippen molar-refractivity contribution in [2.24, 2.45) is 0 Å². The van der Waals surface area contributed by atoms with Crippen LogP contribution >= 0.6 is 22.7 Å². The van der Waals surface area contributed by atoms with Gasteiger partial charge in [-0.15, -0.1) is 22.7 Å². The van der Waals surface area contributed by atoms with Crippen LogP contribution in [0.4, 0.5) is 0 Å². The molecule has 0 spiro atoms. The van der Waals surface area contributed by atoms with Crippen LogP contribution in [0.3, 0.4) is 0 Å². The second-order valence-corrected chi connectivity index (χ2v) is 15.6. The van der Waals surface area contributed by atoms with Gasteiger partial charge >= 0.3 is 0 Å². The van der Waals surface area contributed by atoms with Gasteiger partial charge in [0.05, 0.1) is 0 Å². The molecule has 0 fully saturated rings. The molecule has 1 atom stereocenters. The Hall–Kier alpha value is -6.01. The van der Waals surface area contributed by atoms with Crippen molar-refractivity contribution in [2.75, 3.05) is 0 Å². The fourth-order valence-corrected chi connectivity index (χ4v) is 10.5. The van der Waals surface area contributed by atoms with E-state index in [2.05, 4.69) is 121 Å². The van der Waals surface area contributed by atoms with Crippen LogP contribution in [0, 0.1) is 0 Å². The van der Waals surface area contributed by atoms with Gasteiger partial charge in [0.1, 0.15) is 0 Å². The Morgan fingerprint density at radius 3 is 1.85 bits per heavy atom. The maximum atomic E-state index is 5.08. The van der Waals surface area contributed by atoms with Gasteiger partial charge in [-0.3, -0.25) is 0 Å². The number of thiophene rings is 2. The molecule has 0 N–H and O–H groups in total. The maximum absolute atomic E-state index is 5.08. The molecule has 0 saturated carbocycles. The fraction of sp³-hybridized carbons (Fsp3) is 0.0426. The van der Waals surface area contributed by atoms with Gasteiger partial charge in [-0.1, -0.05) is 133 Å². The van der Waals surface area contributed by atoms with Gasteiger partial charge in [0.25, 0.3) is 0 Å². The molecule has 10 aromatic rings. The number of hydrogen-bond donors (Lipinski definition) is 0. The van der Waals surface area contributed by atoms with E-state index >= 15 is 0 Å². The summed E-state index contributed by atoms with van der Waals surface area (Å²) in [6.07, 6.45) is 0.977. The Balaban J connectivity index is 1.07. The van der Waals surface area contributed by atoms with E-state index in [9.17, 15) is 0 Å². The van der Waals surface area contributed by atoms with Crippen molar-refractivity contribution in [3.8, 4) is 45.3 Å². The molecular formula is C47H29N3S2. The van der Waals surface area contributed by atoms with Crippen LogP contribution in [0.2, 0.25) is 0 Å². The molecule has 1 aliphatic carbocycles. The molecule has 0 aliphatic heterocycles. The molecular weight excluding hydrogens is 671 g/mol. The van der Waals surface area contributed by atoms with Crippen LogP contribution in [0.1, 0.15) is 22.6 Å². The van der Waals surface area contributed by atoms with Crippen molar-refractivity contribution >= 4 is 63.0 Å². The molecule has 0 amide bonds. The molecule has 52 heavy (non-hydrogen) atoms. The molecule has 7 aromatic carbocycles. The second kappa shape index (κ2) is 11.8. The molecule has 0 bridgehead atoms. The molecule has 5 heteroatoms. The fourth-order valence-electron chi connectivity index (χ4n) is 8.10. The number of hydrogen-bond acceptors (Lipinski definition) is 5. The first-order valence-electron chi connectivity index (χ1n) is 17.6. The van der Waals surface area contributed by atoms with E-state index in [1.165, 1.54) is 68.2 Å². The monoisotopic (exact) mass is 699 g/mol. The normalized spacial score (nSPS) is 13.9. The Morgan fingerprint density at radius 1 is 0.423 bits per heavy atom. The highest BCUT2D eigenvalue weighted by Gasteiger charge is 2.28. The minimum atomic E-state index is 0.257. The van der Waals surface area contributed by atoms with E-state index in [1.54, 1.807) is 0 Å². The number of rotatable bonds is 4. The minimum absolute atomic E-state index is 0.257. The first-order chi connectivity index (χ1) is 25.8. The highest BCUT2D eigenvalue weighted by atomic mass is 32.1. The summed E-state index contributed by atoms with van der Waals surface area (Å²) in [7, 11) is 0. The predicted molar refractivity (Wildman–Crippen MR) is 219 cm³/mol. The summed E-state index contributed by atoms with van der Waals surface area (Å²) in [6.45, 7) is 0. The topological polar surface area (TPSA) is 38.7 Å². The SMILES string of the molecule is c1ccc(-c2nc(-c3ccccc3)nc(-c3cccc4c3sc3ccc(C5Cc6c(ccc7c6sc6ccccc67)-c6ccccc65)cc34)n2)cc1. The minimum Gasteiger partial charge on any atom is -0.208 e. The zero-order chi connectivity index (χ0) is 34.2. The van der Waals surface area contributed by atoms with E-state index in [0.717, 1.165) is 23.1 Å². The van der Waals surface area contributed by atoms with Crippen molar-refractivity contribution in [3.05, 3.63) is 174 Å². The molecule has 11 rings (SSSR count). The van der Waals surface area contributed by atoms with Crippen LogP contribution in [-0.2, 0) is 6.42 Å². The second-order valence-electron chi connectivity index (χ2n) is 13.5. The molecule has 3 nitrogen and oxygen atoms in total. The lowest BCUT2D eigenvalue weighted by Gasteiger charge is -2.29. The zero-order valence-electron chi connectivity index (χ0n) is 28.0. The van der Waals surface area contributed by atoms with Crippen LogP contribution in [0.25, 0.3) is 85.6 Å². The summed E-state index contributed by atoms with van der Waals surface area (Å²) < 4.78 is 5.24. The quantitative estimate of drug-likeness (QED) is 0.184. The standard InChI is InChI=1S/C47H29N3S2/c1-3-12-28(13-4-1)45-48-46(29-14-5-2-6-15-29)50-47(49-45)37-20-11-19-35-39-26-30(22-25-42(39)52-43(35)37)38-27-40-33(31-16-7-8-17-32(31)38)23-24-36-34-18-9-10-21-41(34)51-44(36)40/h1-26,38H,27H2. The highest BCUT2D eigenvalue weighted by molar-refractivity contribution is 7.26. The third-order valence-corrected chi connectivity index (χ3v) is 13.0. The third-order valence-electron chi connectivity index (χ3n) is 10.5. The molecule has 0 radical (unpaired) electrons. The van der Waals surface area contributed by atoms with E-state index in [4.69, 9.17) is 15.0 Å². The zero-order valence-corrected chi connectivity index (χ0v) is 29.6. The average molecular weight is 700 g/mol. The number of benzene rings is 7. The van der Waals surface area contributed by atoms with Gasteiger partial charge < -0.3 is 0 Å². The summed E-state index contributed by atoms with van der Waals surface area (Å²) in [4.78, 5) is 15.1. The van der Waals surface area contributed by atoms with Gasteiger partial charge in [-0.05, 0) is 58.5 Å². The Bertz CT molecular complexity index is 2940. The van der Waals surface area contributed by atoms with Gasteiger partial charge in [-0.2, -0.15) is 0 Å². The predicted octanol–water partition coefficient (Wildman–Crippen LogP) is 13.0. The van der Waals surface area contributed by atoms with E-state index in [-0.39, 0.29) is 5.92 Å². The Morgan fingerprint density at radius 2 is 1.04 bits per heavy atom. The van der Waals surface area contributed by atoms with E-state index in [0.29, 0.717) is 17.5 Å². The number of aromatic nitrogens is 3. The number of nitrogens with zero attached hydrogens (tertiary/aromatic N) is 3. The van der Waals surface area contributed by atoms with Crippen molar-refractivity contribution < 1.29 is 0 Å². The van der Waals surface area contributed by atoms with E-state index in [1.807, 2.05) is 59.1 Å². The van der Waals surface area contributed by atoms with Crippen LogP contribution in [0.5, 0.6) is 0 Å². The summed E-state index contributed by atoms with van der Waals surface area (Å²) in [5.74, 6) is 2.30. The molecule has 3 aromatic heterocycles. The van der Waals surface area contributed by atoms with Crippen molar-refractivity contribution in [3.63, 3.8) is 0 Å². The highest BCUT2D eigenvalue weighted by Crippen LogP contribution is 2.49. The largest absolute Gasteiger partial charge is 0.208 e. The lowest BCUT2D eigenvalue weighted by atomic mass is 9.75. The summed E-state index contributed by atoms with van der Waals surface area (Å²) in [5.41, 5.74) is 9.93. The third kappa shape index (κ3) is 4.67. The molecule has 0 saturated heterocycles. The summed E-state index contributed by atoms with van der Waals surface area (Å²) in [5, 5.41) is 5.24. The molecule has 244 valence electrons. The lowest BCUT2D eigenvalue weighted by Crippen LogP contribution is -2.12. The first kappa shape index (κ1) is 29.7. The Kier molecular flexibility index (Phi) is 6.72. The van der Waals surface area contributed by atoms with E-state index < -0.39 is 0 Å². The maximum Gasteiger partial charge on any atom is 0.165 e. The molecule has 1 unspecified atom stereocenters. The summed E-state index contributed by atoms with van der Waals surface area (Å²) >= 11 is 3.76. The van der Waals surface area contributed by atoms with Gasteiger partial charge in [0.15, 0.2) is 17.5 Å². The average Bonchev–Trinajstić information content (AvgIpc) is 3.79. The van der Waals surface area contributed by atoms with Gasteiger partial charge in [0.2, 0.25) is 0 Å². The van der Waals surface area contributed by atoms with Crippen LogP contribution in [0.15, 0.2) is 158 Å². The lowest BCUT2D eigenvalue weighted by molar-refractivity contribution is 0.801. The van der Waals surface area contributed by atoms with Crippen LogP contribution in [-0.4, -0.2) is 15.0 Å². The van der Waals surface area contributed by atoms with Crippen molar-refractivity contribution in [2.45, 2.75) is 12.3 Å². The summed E-state index contributed by atoms with van der Waals surface area (Å²) in [6, 6.07) is 56.6. The van der Waals surface area contributed by atoms with Crippen LogP contribution < -0.4 is 0 Å². The Labute approximate surface area is 308 Å². The molecule has 3 heterocycles.